The van der Waals surface area contributed by atoms with Crippen molar-refractivity contribution in [1.82, 2.24) is 5.32 Å². The highest BCUT2D eigenvalue weighted by atomic mass is 16.6. The van der Waals surface area contributed by atoms with Crippen LogP contribution in [0.4, 0.5) is 11.4 Å². The van der Waals surface area contributed by atoms with Gasteiger partial charge in [-0.05, 0) is 25.0 Å². The molecule has 2 N–H and O–H groups in total. The van der Waals surface area contributed by atoms with E-state index in [2.05, 4.69) is 10.6 Å². The number of rotatable bonds is 10. The molecule has 0 spiro atoms. The Morgan fingerprint density at radius 1 is 1.20 bits per heavy atom. The molecule has 0 aliphatic heterocycles. The average Bonchev–Trinajstić information content (AvgIpc) is 3.56. The second kappa shape index (κ2) is 9.84. The fraction of sp³-hybridized carbons (Fsp3) is 0.333. The third-order valence-electron chi connectivity index (χ3n) is 4.54. The number of anilines is 1. The Balaban J connectivity index is 1.79. The number of esters is 1. The molecule has 1 saturated carbocycles. The molecule has 0 radical (unpaired) electrons. The summed E-state index contributed by atoms with van der Waals surface area (Å²) in [6, 6.07) is 12.7. The number of nitrogens with zero attached hydrogens (tertiary/aromatic N) is 1. The third-order valence-corrected chi connectivity index (χ3v) is 4.54. The van der Waals surface area contributed by atoms with E-state index in [1.807, 2.05) is 0 Å². The number of amides is 1. The molecule has 3 rings (SSSR count). The maximum Gasteiger partial charge on any atom is 0.339 e. The number of nitro groups is 1. The molecule has 9 heteroatoms. The first kappa shape index (κ1) is 21.3. The number of ether oxygens (including phenoxy) is 2. The number of hydrogen-bond acceptors (Lipinski definition) is 7. The summed E-state index contributed by atoms with van der Waals surface area (Å²) in [4.78, 5) is 36.2. The zero-order chi connectivity index (χ0) is 21.5. The van der Waals surface area contributed by atoms with Crippen LogP contribution in [0.15, 0.2) is 48.5 Å². The molecule has 2 aromatic rings. The zero-order valence-corrected chi connectivity index (χ0v) is 16.5. The minimum absolute atomic E-state index is 0.0147. The van der Waals surface area contributed by atoms with E-state index in [0.717, 1.165) is 18.9 Å². The molecule has 30 heavy (non-hydrogen) atoms. The largest absolute Gasteiger partial charge is 0.444 e. The van der Waals surface area contributed by atoms with Gasteiger partial charge in [-0.2, -0.15) is 0 Å². The number of methoxy groups -OCH3 is 1. The number of nitro benzene ring substituents is 1. The first-order valence-corrected chi connectivity index (χ1v) is 9.57. The van der Waals surface area contributed by atoms with Crippen LogP contribution >= 0.6 is 0 Å². The molecule has 0 aromatic heterocycles. The van der Waals surface area contributed by atoms with Gasteiger partial charge in [0.05, 0.1) is 17.1 Å². The van der Waals surface area contributed by atoms with Crippen LogP contribution in [0.3, 0.4) is 0 Å². The maximum absolute atomic E-state index is 12.7. The van der Waals surface area contributed by atoms with Crippen molar-refractivity contribution >= 4 is 23.3 Å². The van der Waals surface area contributed by atoms with Gasteiger partial charge in [0.25, 0.3) is 11.6 Å². The highest BCUT2D eigenvalue weighted by Crippen LogP contribution is 2.28. The predicted octanol–water partition coefficient (Wildman–Crippen LogP) is 2.83. The first-order chi connectivity index (χ1) is 14.5. The monoisotopic (exact) mass is 413 g/mol. The number of nitrogens with one attached hydrogen (secondary N) is 2. The quantitative estimate of drug-likeness (QED) is 0.266. The number of hydrogen-bond donors (Lipinski definition) is 2. The van der Waals surface area contributed by atoms with E-state index in [-0.39, 0.29) is 23.0 Å². The second-order valence-electron chi connectivity index (χ2n) is 6.89. The Morgan fingerprint density at radius 2 is 1.93 bits per heavy atom. The Labute approximate surface area is 173 Å². The van der Waals surface area contributed by atoms with Crippen LogP contribution in [0, 0.1) is 10.1 Å². The second-order valence-corrected chi connectivity index (χ2v) is 6.89. The lowest BCUT2D eigenvalue weighted by Gasteiger charge is -2.18. The lowest BCUT2D eigenvalue weighted by atomic mass is 10.1. The van der Waals surface area contributed by atoms with Gasteiger partial charge in [0.15, 0.2) is 0 Å². The van der Waals surface area contributed by atoms with Crippen molar-refractivity contribution in [2.45, 2.75) is 25.0 Å². The molecule has 1 aliphatic carbocycles. The zero-order valence-electron chi connectivity index (χ0n) is 16.5. The summed E-state index contributed by atoms with van der Waals surface area (Å²) in [6.45, 7) is 0.744. The highest BCUT2D eigenvalue weighted by molar-refractivity contribution is 5.94. The Hall–Kier alpha value is -3.46. The van der Waals surface area contributed by atoms with E-state index in [9.17, 15) is 19.7 Å². The van der Waals surface area contributed by atoms with Gasteiger partial charge in [0, 0.05) is 31.3 Å². The van der Waals surface area contributed by atoms with E-state index < -0.39 is 22.9 Å². The summed E-state index contributed by atoms with van der Waals surface area (Å²) in [6.07, 6.45) is 0.647. The van der Waals surface area contributed by atoms with Gasteiger partial charge in [-0.15, -0.1) is 0 Å². The van der Waals surface area contributed by atoms with Gasteiger partial charge in [0.1, 0.15) is 5.69 Å². The lowest BCUT2D eigenvalue weighted by molar-refractivity contribution is -0.384. The summed E-state index contributed by atoms with van der Waals surface area (Å²) in [5.74, 6) is -1.23. The van der Waals surface area contributed by atoms with Crippen LogP contribution in [-0.2, 0) is 14.3 Å². The van der Waals surface area contributed by atoms with E-state index in [1.165, 1.54) is 19.2 Å². The minimum Gasteiger partial charge on any atom is -0.444 e. The van der Waals surface area contributed by atoms with Crippen molar-refractivity contribution < 1.29 is 24.0 Å². The molecule has 158 valence electrons. The molecular weight excluding hydrogens is 390 g/mol. The predicted molar refractivity (Wildman–Crippen MR) is 109 cm³/mol. The maximum atomic E-state index is 12.7. The van der Waals surface area contributed by atoms with Crippen molar-refractivity contribution in [3.8, 4) is 0 Å². The molecule has 1 amide bonds. The molecule has 0 unspecified atom stereocenters. The molecule has 1 aliphatic rings. The standard InChI is InChI=1S/C21H23N3O6/c1-29-12-11-22-17-10-7-15(13-18(17)24(27)28)21(26)30-19(14-5-3-2-4-6-14)20(25)23-16-8-9-16/h2-7,10,13,16,19,22H,8-9,11-12H2,1H3,(H,23,25)/t19-/m1/s1. The van der Waals surface area contributed by atoms with E-state index in [4.69, 9.17) is 9.47 Å². The molecule has 0 heterocycles. The van der Waals surface area contributed by atoms with E-state index in [0.29, 0.717) is 18.7 Å². The topological polar surface area (TPSA) is 120 Å². The molecule has 1 atom stereocenters. The number of carbonyl (C=O) groups excluding carboxylic acids is 2. The summed E-state index contributed by atoms with van der Waals surface area (Å²) < 4.78 is 10.4. The van der Waals surface area contributed by atoms with Crippen LogP contribution in [0.1, 0.15) is 34.9 Å². The molecule has 9 nitrogen and oxygen atoms in total. The van der Waals surface area contributed by atoms with E-state index in [1.54, 1.807) is 30.3 Å². The molecular formula is C21H23N3O6. The SMILES string of the molecule is COCCNc1ccc(C(=O)O[C@@H](C(=O)NC2CC2)c2ccccc2)cc1[N+](=O)[O-]. The summed E-state index contributed by atoms with van der Waals surface area (Å²) >= 11 is 0. The van der Waals surface area contributed by atoms with Crippen LogP contribution in [0.25, 0.3) is 0 Å². The smallest absolute Gasteiger partial charge is 0.339 e. The van der Waals surface area contributed by atoms with Gasteiger partial charge in [-0.3, -0.25) is 14.9 Å². The molecule has 0 bridgehead atoms. The van der Waals surface area contributed by atoms with Gasteiger partial charge in [0.2, 0.25) is 6.10 Å². The molecule has 1 fully saturated rings. The average molecular weight is 413 g/mol. The van der Waals surface area contributed by atoms with Crippen LogP contribution in [0.5, 0.6) is 0 Å². The lowest BCUT2D eigenvalue weighted by Crippen LogP contribution is -2.33. The normalized spacial score (nSPS) is 13.9. The van der Waals surface area contributed by atoms with Crippen molar-refractivity contribution in [2.75, 3.05) is 25.6 Å². The van der Waals surface area contributed by atoms with Crippen LogP contribution < -0.4 is 10.6 Å². The molecule has 0 saturated heterocycles. The van der Waals surface area contributed by atoms with Crippen molar-refractivity contribution in [2.24, 2.45) is 0 Å². The Kier molecular flexibility index (Phi) is 6.97. The van der Waals surface area contributed by atoms with Crippen molar-refractivity contribution in [3.05, 3.63) is 69.8 Å². The van der Waals surface area contributed by atoms with Crippen molar-refractivity contribution in [3.63, 3.8) is 0 Å². The fourth-order valence-corrected chi connectivity index (χ4v) is 2.83. The van der Waals surface area contributed by atoms with Gasteiger partial charge >= 0.3 is 5.97 Å². The van der Waals surface area contributed by atoms with Crippen LogP contribution in [-0.4, -0.2) is 43.1 Å². The Bertz CT molecular complexity index is 914. The Morgan fingerprint density at radius 3 is 2.57 bits per heavy atom. The minimum atomic E-state index is -1.14. The van der Waals surface area contributed by atoms with Crippen molar-refractivity contribution in [1.29, 1.82) is 0 Å². The summed E-state index contributed by atoms with van der Waals surface area (Å²) in [7, 11) is 1.53. The van der Waals surface area contributed by atoms with Gasteiger partial charge in [-0.25, -0.2) is 4.79 Å². The third kappa shape index (κ3) is 5.54. The van der Waals surface area contributed by atoms with Crippen LogP contribution in [0.2, 0.25) is 0 Å². The summed E-state index contributed by atoms with van der Waals surface area (Å²) in [5.41, 5.74) is 0.509. The number of benzene rings is 2. The van der Waals surface area contributed by atoms with E-state index >= 15 is 0 Å². The molecule has 2 aromatic carbocycles. The fourth-order valence-electron chi connectivity index (χ4n) is 2.83. The first-order valence-electron chi connectivity index (χ1n) is 9.57. The van der Waals surface area contributed by atoms with Gasteiger partial charge < -0.3 is 20.1 Å². The summed E-state index contributed by atoms with van der Waals surface area (Å²) in [5, 5.41) is 17.2. The van der Waals surface area contributed by atoms with Gasteiger partial charge in [-0.1, -0.05) is 30.3 Å². The number of carbonyl (C=O) groups is 2. The highest BCUT2D eigenvalue weighted by Gasteiger charge is 2.31.